The van der Waals surface area contributed by atoms with E-state index in [1.165, 1.54) is 0 Å². The second-order valence-corrected chi connectivity index (χ2v) is 4.50. The molecule has 0 unspecified atom stereocenters. The standard InChI is InChI=1S/C13H15ClN4O/c1-18(12-7-11(14)16-13(15)17-12)8-9-3-5-10(19-2)6-4-9/h3-7H,8H2,1-2H3,(H2,15,16,17). The van der Waals surface area contributed by atoms with Crippen LogP contribution in [0.15, 0.2) is 30.3 Å². The van der Waals surface area contributed by atoms with E-state index >= 15 is 0 Å². The lowest BCUT2D eigenvalue weighted by Crippen LogP contribution is -2.18. The number of benzene rings is 1. The maximum atomic E-state index is 5.86. The van der Waals surface area contributed by atoms with Crippen LogP contribution in [0.1, 0.15) is 5.56 Å². The van der Waals surface area contributed by atoms with Gasteiger partial charge in [0.1, 0.15) is 16.7 Å². The zero-order valence-electron chi connectivity index (χ0n) is 10.8. The highest BCUT2D eigenvalue weighted by atomic mass is 35.5. The molecule has 2 rings (SSSR count). The quantitative estimate of drug-likeness (QED) is 0.870. The van der Waals surface area contributed by atoms with Crippen LogP contribution < -0.4 is 15.4 Å². The van der Waals surface area contributed by atoms with Crippen LogP contribution in [0.3, 0.4) is 0 Å². The average molecular weight is 279 g/mol. The molecule has 0 radical (unpaired) electrons. The zero-order chi connectivity index (χ0) is 13.8. The molecule has 1 heterocycles. The number of anilines is 2. The maximum absolute atomic E-state index is 5.86. The first-order valence-electron chi connectivity index (χ1n) is 5.72. The van der Waals surface area contributed by atoms with Crippen molar-refractivity contribution >= 4 is 23.4 Å². The fourth-order valence-corrected chi connectivity index (χ4v) is 1.89. The average Bonchev–Trinajstić information content (AvgIpc) is 2.38. The fraction of sp³-hybridized carbons (Fsp3) is 0.231. The van der Waals surface area contributed by atoms with Crippen molar-refractivity contribution in [2.75, 3.05) is 24.8 Å². The molecule has 0 saturated carbocycles. The summed E-state index contributed by atoms with van der Waals surface area (Å²) in [6, 6.07) is 9.53. The minimum atomic E-state index is 0.170. The molecule has 0 amide bonds. The Morgan fingerprint density at radius 1 is 1.26 bits per heavy atom. The van der Waals surface area contributed by atoms with Crippen molar-refractivity contribution in [2.24, 2.45) is 0 Å². The molecule has 0 aliphatic carbocycles. The van der Waals surface area contributed by atoms with Crippen LogP contribution >= 0.6 is 11.6 Å². The van der Waals surface area contributed by atoms with E-state index in [4.69, 9.17) is 22.1 Å². The number of ether oxygens (including phenoxy) is 1. The van der Waals surface area contributed by atoms with Gasteiger partial charge in [-0.05, 0) is 17.7 Å². The molecule has 100 valence electrons. The monoisotopic (exact) mass is 278 g/mol. The number of nitrogens with zero attached hydrogens (tertiary/aromatic N) is 3. The summed E-state index contributed by atoms with van der Waals surface area (Å²) in [7, 11) is 3.56. The fourth-order valence-electron chi connectivity index (χ4n) is 1.70. The molecule has 0 bridgehead atoms. The Balaban J connectivity index is 2.13. The van der Waals surface area contributed by atoms with Crippen molar-refractivity contribution in [1.29, 1.82) is 0 Å². The Morgan fingerprint density at radius 2 is 1.95 bits per heavy atom. The molecule has 1 aromatic heterocycles. The van der Waals surface area contributed by atoms with Crippen LogP contribution in [-0.2, 0) is 6.54 Å². The molecular formula is C13H15ClN4O. The summed E-state index contributed by atoms with van der Waals surface area (Å²) in [5, 5.41) is 0.337. The van der Waals surface area contributed by atoms with Crippen LogP contribution in [0.4, 0.5) is 11.8 Å². The summed E-state index contributed by atoms with van der Waals surface area (Å²) >= 11 is 5.86. The van der Waals surface area contributed by atoms with Gasteiger partial charge in [-0.2, -0.15) is 4.98 Å². The van der Waals surface area contributed by atoms with Crippen LogP contribution in [-0.4, -0.2) is 24.1 Å². The van der Waals surface area contributed by atoms with Crippen LogP contribution in [0.5, 0.6) is 5.75 Å². The number of methoxy groups -OCH3 is 1. The molecule has 0 saturated heterocycles. The van der Waals surface area contributed by atoms with E-state index < -0.39 is 0 Å². The molecule has 2 N–H and O–H groups in total. The lowest BCUT2D eigenvalue weighted by atomic mass is 10.2. The normalized spacial score (nSPS) is 10.3. The van der Waals surface area contributed by atoms with Crippen molar-refractivity contribution in [3.63, 3.8) is 0 Å². The van der Waals surface area contributed by atoms with Gasteiger partial charge in [0.15, 0.2) is 0 Å². The summed E-state index contributed by atoms with van der Waals surface area (Å²) in [5.74, 6) is 1.69. The Hall–Kier alpha value is -2.01. The first-order chi connectivity index (χ1) is 9.08. The lowest BCUT2D eigenvalue weighted by molar-refractivity contribution is 0.414. The number of rotatable bonds is 4. The second kappa shape index (κ2) is 5.75. The van der Waals surface area contributed by atoms with Crippen LogP contribution in [0, 0.1) is 0 Å². The van der Waals surface area contributed by atoms with Gasteiger partial charge in [-0.3, -0.25) is 0 Å². The summed E-state index contributed by atoms with van der Waals surface area (Å²) in [6.45, 7) is 0.691. The van der Waals surface area contributed by atoms with Crippen molar-refractivity contribution in [3.05, 3.63) is 41.0 Å². The highest BCUT2D eigenvalue weighted by Gasteiger charge is 2.07. The van der Waals surface area contributed by atoms with Gasteiger partial charge in [0.2, 0.25) is 5.95 Å². The Morgan fingerprint density at radius 3 is 2.53 bits per heavy atom. The third-order valence-corrected chi connectivity index (χ3v) is 2.86. The smallest absolute Gasteiger partial charge is 0.223 e. The van der Waals surface area contributed by atoms with Gasteiger partial charge < -0.3 is 15.4 Å². The third-order valence-electron chi connectivity index (χ3n) is 2.67. The van der Waals surface area contributed by atoms with Crippen molar-refractivity contribution in [1.82, 2.24) is 9.97 Å². The van der Waals surface area contributed by atoms with E-state index in [1.807, 2.05) is 36.2 Å². The third kappa shape index (κ3) is 3.48. The Bertz CT molecular complexity index is 539. The molecular weight excluding hydrogens is 264 g/mol. The van der Waals surface area contributed by atoms with Gasteiger partial charge >= 0.3 is 0 Å². The van der Waals surface area contributed by atoms with Gasteiger partial charge in [0.25, 0.3) is 0 Å². The van der Waals surface area contributed by atoms with Crippen molar-refractivity contribution in [3.8, 4) is 5.75 Å². The number of nitrogen functional groups attached to an aromatic ring is 1. The Kier molecular flexibility index (Phi) is 4.06. The van der Waals surface area contributed by atoms with Crippen LogP contribution in [0.25, 0.3) is 0 Å². The first kappa shape index (κ1) is 13.4. The van der Waals surface area contributed by atoms with E-state index in [-0.39, 0.29) is 5.95 Å². The maximum Gasteiger partial charge on any atom is 0.223 e. The molecule has 5 nitrogen and oxygen atoms in total. The van der Waals surface area contributed by atoms with Gasteiger partial charge in [0, 0.05) is 19.7 Å². The Labute approximate surface area is 117 Å². The number of hydrogen-bond donors (Lipinski definition) is 1. The molecule has 0 fully saturated rings. The molecule has 0 spiro atoms. The predicted molar refractivity (Wildman–Crippen MR) is 76.6 cm³/mol. The summed E-state index contributed by atoms with van der Waals surface area (Å²) in [5.41, 5.74) is 6.71. The molecule has 0 aliphatic rings. The topological polar surface area (TPSA) is 64.3 Å². The van der Waals surface area contributed by atoms with E-state index in [2.05, 4.69) is 9.97 Å². The lowest BCUT2D eigenvalue weighted by Gasteiger charge is -2.18. The van der Waals surface area contributed by atoms with Gasteiger partial charge in [-0.1, -0.05) is 23.7 Å². The molecule has 19 heavy (non-hydrogen) atoms. The minimum Gasteiger partial charge on any atom is -0.497 e. The molecule has 6 heteroatoms. The number of hydrogen-bond acceptors (Lipinski definition) is 5. The molecule has 1 aromatic carbocycles. The van der Waals surface area contributed by atoms with Crippen molar-refractivity contribution in [2.45, 2.75) is 6.54 Å². The van der Waals surface area contributed by atoms with E-state index in [0.29, 0.717) is 17.5 Å². The van der Waals surface area contributed by atoms with Crippen LogP contribution in [0.2, 0.25) is 5.15 Å². The minimum absolute atomic E-state index is 0.170. The zero-order valence-corrected chi connectivity index (χ0v) is 11.6. The summed E-state index contributed by atoms with van der Waals surface area (Å²) in [6.07, 6.45) is 0. The molecule has 0 aliphatic heterocycles. The van der Waals surface area contributed by atoms with Gasteiger partial charge in [-0.15, -0.1) is 0 Å². The van der Waals surface area contributed by atoms with E-state index in [1.54, 1.807) is 13.2 Å². The first-order valence-corrected chi connectivity index (χ1v) is 6.10. The second-order valence-electron chi connectivity index (χ2n) is 4.11. The van der Waals surface area contributed by atoms with E-state index in [9.17, 15) is 0 Å². The summed E-state index contributed by atoms with van der Waals surface area (Å²) < 4.78 is 5.12. The van der Waals surface area contributed by atoms with Gasteiger partial charge in [-0.25, -0.2) is 4.98 Å². The number of nitrogens with two attached hydrogens (primary N) is 1. The number of aromatic nitrogens is 2. The predicted octanol–water partition coefficient (Wildman–Crippen LogP) is 2.36. The van der Waals surface area contributed by atoms with Gasteiger partial charge in [0.05, 0.1) is 7.11 Å². The summed E-state index contributed by atoms with van der Waals surface area (Å²) in [4.78, 5) is 9.93. The molecule has 2 aromatic rings. The SMILES string of the molecule is COc1ccc(CN(C)c2cc(Cl)nc(N)n2)cc1. The largest absolute Gasteiger partial charge is 0.497 e. The van der Waals surface area contributed by atoms with E-state index in [0.717, 1.165) is 11.3 Å². The number of halogens is 1. The van der Waals surface area contributed by atoms with Crippen molar-refractivity contribution < 1.29 is 4.74 Å². The highest BCUT2D eigenvalue weighted by molar-refractivity contribution is 6.29. The molecule has 0 atom stereocenters. The highest BCUT2D eigenvalue weighted by Crippen LogP contribution is 2.19.